The number of rotatable bonds is 7. The van der Waals surface area contributed by atoms with Crippen LogP contribution in [0.15, 0.2) is 84.9 Å². The van der Waals surface area contributed by atoms with E-state index in [1.54, 1.807) is 31.4 Å². The first-order chi connectivity index (χ1) is 15.6. The highest BCUT2D eigenvalue weighted by Gasteiger charge is 2.44. The number of nitrogens with one attached hydrogen (secondary N) is 1. The number of amides is 2. The zero-order chi connectivity index (χ0) is 22.5. The van der Waals surface area contributed by atoms with E-state index in [9.17, 15) is 9.59 Å². The molecule has 0 bridgehead atoms. The van der Waals surface area contributed by atoms with Crippen LogP contribution in [-0.2, 0) is 16.1 Å². The molecule has 2 amide bonds. The summed E-state index contributed by atoms with van der Waals surface area (Å²) in [5, 5.41) is 3.26. The first kappa shape index (κ1) is 21.5. The summed E-state index contributed by atoms with van der Waals surface area (Å²) in [5.74, 6) is 0.234. The van der Waals surface area contributed by atoms with Crippen LogP contribution in [0.5, 0.6) is 5.75 Å². The van der Waals surface area contributed by atoms with E-state index >= 15 is 0 Å². The van der Waals surface area contributed by atoms with Crippen LogP contribution in [0, 0.1) is 0 Å². The minimum Gasteiger partial charge on any atom is -0.497 e. The Balaban J connectivity index is 1.56. The van der Waals surface area contributed by atoms with Crippen molar-refractivity contribution in [1.82, 2.24) is 4.90 Å². The molecule has 1 atom stereocenters. The van der Waals surface area contributed by atoms with Gasteiger partial charge in [0, 0.05) is 12.2 Å². The van der Waals surface area contributed by atoms with E-state index in [1.165, 1.54) is 4.90 Å². The molecule has 1 N–H and O–H groups in total. The van der Waals surface area contributed by atoms with E-state index in [1.807, 2.05) is 65.6 Å². The van der Waals surface area contributed by atoms with Crippen LogP contribution < -0.4 is 15.0 Å². The van der Waals surface area contributed by atoms with Crippen LogP contribution in [0.3, 0.4) is 0 Å². The van der Waals surface area contributed by atoms with Gasteiger partial charge < -0.3 is 15.0 Å². The van der Waals surface area contributed by atoms with Crippen LogP contribution in [0.2, 0.25) is 0 Å². The molecule has 3 aromatic rings. The number of ether oxygens (including phenoxy) is 1. The van der Waals surface area contributed by atoms with Gasteiger partial charge in [0.05, 0.1) is 19.2 Å². The molecular weight excluding hydrogens is 422 g/mol. The second kappa shape index (κ2) is 9.62. The lowest BCUT2D eigenvalue weighted by Gasteiger charge is -2.24. The third kappa shape index (κ3) is 4.63. The predicted molar refractivity (Wildman–Crippen MR) is 129 cm³/mol. The normalized spacial score (nSPS) is 15.7. The third-order valence-corrected chi connectivity index (χ3v) is 5.70. The molecule has 1 fully saturated rings. The fraction of sp³-hybridized carbons (Fsp3) is 0.160. The molecule has 0 saturated carbocycles. The summed E-state index contributed by atoms with van der Waals surface area (Å²) in [6.45, 7) is 0.440. The first-order valence-corrected chi connectivity index (χ1v) is 10.6. The number of anilines is 2. The maximum atomic E-state index is 13.4. The van der Waals surface area contributed by atoms with Crippen molar-refractivity contribution in [3.8, 4) is 5.75 Å². The van der Waals surface area contributed by atoms with E-state index in [4.69, 9.17) is 17.0 Å². The Morgan fingerprint density at radius 1 is 0.969 bits per heavy atom. The minimum atomic E-state index is -0.693. The van der Waals surface area contributed by atoms with Crippen LogP contribution in [-0.4, -0.2) is 35.0 Å². The van der Waals surface area contributed by atoms with E-state index in [-0.39, 0.29) is 18.2 Å². The lowest BCUT2D eigenvalue weighted by molar-refractivity contribution is -0.124. The summed E-state index contributed by atoms with van der Waals surface area (Å²) in [5.41, 5.74) is 2.34. The third-order valence-electron chi connectivity index (χ3n) is 5.28. The number of thiocarbonyl (C=S) groups is 1. The van der Waals surface area contributed by atoms with Crippen LogP contribution in [0.1, 0.15) is 12.0 Å². The predicted octanol–water partition coefficient (Wildman–Crippen LogP) is 4.23. The average molecular weight is 446 g/mol. The van der Waals surface area contributed by atoms with E-state index in [2.05, 4.69) is 5.32 Å². The molecule has 0 aromatic heterocycles. The molecule has 162 valence electrons. The zero-order valence-corrected chi connectivity index (χ0v) is 18.4. The van der Waals surface area contributed by atoms with E-state index < -0.39 is 6.04 Å². The van der Waals surface area contributed by atoms with Crippen molar-refractivity contribution in [2.45, 2.75) is 19.0 Å². The van der Waals surface area contributed by atoms with Gasteiger partial charge in [-0.3, -0.25) is 14.5 Å². The SMILES string of the molecule is COc1ccc(NC(=O)CC2C(=O)N(c3ccccc3)C(=S)N2Cc2ccccc2)cc1. The molecule has 0 radical (unpaired) electrons. The molecule has 1 aliphatic heterocycles. The van der Waals surface area contributed by atoms with Crippen molar-refractivity contribution < 1.29 is 14.3 Å². The molecule has 6 nitrogen and oxygen atoms in total. The molecule has 0 spiro atoms. The summed E-state index contributed by atoms with van der Waals surface area (Å²) in [6.07, 6.45) is -0.0127. The maximum Gasteiger partial charge on any atom is 0.256 e. The Hall–Kier alpha value is -3.71. The summed E-state index contributed by atoms with van der Waals surface area (Å²) in [6, 6.07) is 25.4. The number of para-hydroxylation sites is 1. The number of hydrogen-bond donors (Lipinski definition) is 1. The fourth-order valence-corrected chi connectivity index (χ4v) is 4.06. The van der Waals surface area contributed by atoms with Gasteiger partial charge in [-0.05, 0) is 54.2 Å². The number of nitrogens with zero attached hydrogens (tertiary/aromatic N) is 2. The van der Waals surface area contributed by atoms with Gasteiger partial charge in [-0.1, -0.05) is 48.5 Å². The second-order valence-corrected chi connectivity index (χ2v) is 7.77. The van der Waals surface area contributed by atoms with Crippen molar-refractivity contribution in [2.75, 3.05) is 17.3 Å². The van der Waals surface area contributed by atoms with Gasteiger partial charge in [-0.25, -0.2) is 0 Å². The number of hydrogen-bond acceptors (Lipinski definition) is 4. The molecular formula is C25H23N3O3S. The molecule has 1 aliphatic rings. The Labute approximate surface area is 192 Å². The first-order valence-electron chi connectivity index (χ1n) is 10.2. The molecule has 4 rings (SSSR count). The van der Waals surface area contributed by atoms with Crippen molar-refractivity contribution in [1.29, 1.82) is 0 Å². The number of carbonyl (C=O) groups excluding carboxylic acids is 2. The highest BCUT2D eigenvalue weighted by atomic mass is 32.1. The second-order valence-electron chi connectivity index (χ2n) is 7.40. The summed E-state index contributed by atoms with van der Waals surface area (Å²) < 4.78 is 5.15. The highest BCUT2D eigenvalue weighted by molar-refractivity contribution is 7.80. The molecule has 1 saturated heterocycles. The Morgan fingerprint density at radius 3 is 2.22 bits per heavy atom. The van der Waals surface area contributed by atoms with Gasteiger partial charge in [-0.2, -0.15) is 0 Å². The van der Waals surface area contributed by atoms with Crippen molar-refractivity contribution in [3.63, 3.8) is 0 Å². The minimum absolute atomic E-state index is 0.0127. The van der Waals surface area contributed by atoms with E-state index in [0.29, 0.717) is 28.8 Å². The van der Waals surface area contributed by atoms with E-state index in [0.717, 1.165) is 5.56 Å². The lowest BCUT2D eigenvalue weighted by Crippen LogP contribution is -2.37. The van der Waals surface area contributed by atoms with Gasteiger partial charge in [0.1, 0.15) is 11.8 Å². The summed E-state index contributed by atoms with van der Waals surface area (Å²) >= 11 is 5.69. The quantitative estimate of drug-likeness (QED) is 0.552. The maximum absolute atomic E-state index is 13.4. The molecule has 7 heteroatoms. The van der Waals surface area contributed by atoms with Crippen molar-refractivity contribution >= 4 is 40.5 Å². The van der Waals surface area contributed by atoms with Crippen LogP contribution in [0.25, 0.3) is 0 Å². The topological polar surface area (TPSA) is 61.9 Å². The number of methoxy groups -OCH3 is 1. The average Bonchev–Trinajstić information content (AvgIpc) is 3.04. The van der Waals surface area contributed by atoms with Crippen molar-refractivity contribution in [3.05, 3.63) is 90.5 Å². The summed E-state index contributed by atoms with van der Waals surface area (Å²) in [4.78, 5) is 29.6. The van der Waals surface area contributed by atoms with Gasteiger partial charge in [0.25, 0.3) is 5.91 Å². The Kier molecular flexibility index (Phi) is 6.47. The zero-order valence-electron chi connectivity index (χ0n) is 17.6. The summed E-state index contributed by atoms with van der Waals surface area (Å²) in [7, 11) is 1.59. The van der Waals surface area contributed by atoms with Gasteiger partial charge >= 0.3 is 0 Å². The van der Waals surface area contributed by atoms with Gasteiger partial charge in [0.2, 0.25) is 5.91 Å². The molecule has 1 unspecified atom stereocenters. The van der Waals surface area contributed by atoms with Gasteiger partial charge in [0.15, 0.2) is 5.11 Å². The molecule has 1 heterocycles. The number of carbonyl (C=O) groups is 2. The standard InChI is InChI=1S/C25H23N3O3S/c1-31-21-14-12-19(13-15-21)26-23(29)16-22-24(30)28(20-10-6-3-7-11-20)25(32)27(22)17-18-8-4-2-5-9-18/h2-15,22H,16-17H2,1H3,(H,26,29). The Morgan fingerprint density at radius 2 is 1.59 bits per heavy atom. The van der Waals surface area contributed by atoms with Crippen LogP contribution in [0.4, 0.5) is 11.4 Å². The Bertz CT molecular complexity index is 1100. The lowest BCUT2D eigenvalue weighted by atomic mass is 10.1. The monoisotopic (exact) mass is 445 g/mol. The molecule has 32 heavy (non-hydrogen) atoms. The van der Waals surface area contributed by atoms with Crippen molar-refractivity contribution in [2.24, 2.45) is 0 Å². The number of benzene rings is 3. The van der Waals surface area contributed by atoms with Gasteiger partial charge in [-0.15, -0.1) is 0 Å². The highest BCUT2D eigenvalue weighted by Crippen LogP contribution is 2.29. The molecule has 3 aromatic carbocycles. The van der Waals surface area contributed by atoms with Crippen LogP contribution >= 0.6 is 12.2 Å². The smallest absolute Gasteiger partial charge is 0.256 e. The fourth-order valence-electron chi connectivity index (χ4n) is 3.67. The molecule has 0 aliphatic carbocycles. The largest absolute Gasteiger partial charge is 0.497 e.